The molecule has 0 saturated carbocycles. The van der Waals surface area contributed by atoms with E-state index in [0.29, 0.717) is 19.7 Å². The zero-order valence-electron chi connectivity index (χ0n) is 14.1. The highest BCUT2D eigenvalue weighted by molar-refractivity contribution is 7.09. The molecule has 0 aliphatic heterocycles. The molecule has 1 aromatic heterocycles. The number of hydrogen-bond donors (Lipinski definition) is 1. The highest BCUT2D eigenvalue weighted by Crippen LogP contribution is 2.19. The van der Waals surface area contributed by atoms with Crippen LogP contribution in [-0.4, -0.2) is 41.3 Å². The largest absolute Gasteiger partial charge is 0.497 e. The first-order valence-electron chi connectivity index (χ1n) is 7.47. The number of ether oxygens (including phenoxy) is 2. The molecule has 6 heteroatoms. The second-order valence-electron chi connectivity index (χ2n) is 6.18. The topological polar surface area (TPSA) is 54.8 Å². The zero-order chi connectivity index (χ0) is 16.9. The first-order valence-corrected chi connectivity index (χ1v) is 8.35. The molecule has 0 fully saturated rings. The van der Waals surface area contributed by atoms with Crippen LogP contribution in [0.15, 0.2) is 29.6 Å². The Bertz CT molecular complexity index is 605. The Morgan fingerprint density at radius 1 is 1.22 bits per heavy atom. The minimum atomic E-state index is -0.703. The lowest BCUT2D eigenvalue weighted by molar-refractivity contribution is 0.0422. The van der Waals surface area contributed by atoms with Crippen molar-refractivity contribution < 1.29 is 14.6 Å². The monoisotopic (exact) mass is 336 g/mol. The molecule has 0 unspecified atom stereocenters. The second kappa shape index (κ2) is 7.77. The molecule has 0 bridgehead atoms. The van der Waals surface area contributed by atoms with Crippen LogP contribution in [0.3, 0.4) is 0 Å². The average molecular weight is 336 g/mol. The number of aliphatic hydroxyl groups is 1. The average Bonchev–Trinajstić information content (AvgIpc) is 2.91. The maximum Gasteiger partial charge on any atom is 0.140 e. The van der Waals surface area contributed by atoms with Crippen LogP contribution < -0.4 is 9.47 Å². The highest BCUT2D eigenvalue weighted by Gasteiger charge is 2.16. The molecule has 0 saturated heterocycles. The number of thiazole rings is 1. The van der Waals surface area contributed by atoms with Crippen LogP contribution in [0.5, 0.6) is 11.5 Å². The fraction of sp³-hybridized carbons (Fsp3) is 0.471. The van der Waals surface area contributed by atoms with Crippen LogP contribution >= 0.6 is 11.3 Å². The lowest BCUT2D eigenvalue weighted by Gasteiger charge is -2.24. The maximum absolute atomic E-state index is 9.83. The first-order chi connectivity index (χ1) is 10.9. The van der Waals surface area contributed by atoms with Crippen LogP contribution in [0, 0.1) is 0 Å². The summed E-state index contributed by atoms with van der Waals surface area (Å²) in [6, 6.07) is 7.50. The Hall–Kier alpha value is -1.63. The lowest BCUT2D eigenvalue weighted by Crippen LogP contribution is -2.35. The molecule has 0 atom stereocenters. The third kappa shape index (κ3) is 6.17. The van der Waals surface area contributed by atoms with Crippen molar-refractivity contribution in [2.24, 2.45) is 0 Å². The minimum Gasteiger partial charge on any atom is -0.497 e. The zero-order valence-corrected chi connectivity index (χ0v) is 14.9. The quantitative estimate of drug-likeness (QED) is 0.803. The van der Waals surface area contributed by atoms with Crippen LogP contribution in [0.2, 0.25) is 0 Å². The van der Waals surface area contributed by atoms with Gasteiger partial charge in [-0.25, -0.2) is 4.98 Å². The predicted molar refractivity (Wildman–Crippen MR) is 92.1 cm³/mol. The van der Waals surface area contributed by atoms with Crippen LogP contribution in [0.1, 0.15) is 24.5 Å². The van der Waals surface area contributed by atoms with E-state index >= 15 is 0 Å². The van der Waals surface area contributed by atoms with E-state index in [1.165, 1.54) is 0 Å². The van der Waals surface area contributed by atoms with Crippen LogP contribution in [0.4, 0.5) is 0 Å². The van der Waals surface area contributed by atoms with E-state index < -0.39 is 5.60 Å². The van der Waals surface area contributed by atoms with Gasteiger partial charge in [-0.05, 0) is 45.2 Å². The second-order valence-corrected chi connectivity index (χ2v) is 7.12. The van der Waals surface area contributed by atoms with Crippen molar-refractivity contribution in [1.82, 2.24) is 9.88 Å². The fourth-order valence-corrected chi connectivity index (χ4v) is 2.99. The molecule has 0 aliphatic rings. The summed E-state index contributed by atoms with van der Waals surface area (Å²) < 4.78 is 10.8. The molecule has 5 nitrogen and oxygen atoms in total. The number of hydrogen-bond acceptors (Lipinski definition) is 6. The first kappa shape index (κ1) is 17.7. The number of likely N-dealkylation sites (N-methyl/N-ethyl adjacent to an activating group) is 1. The van der Waals surface area contributed by atoms with Gasteiger partial charge in [0.1, 0.15) is 23.1 Å². The Labute approximate surface area is 141 Å². The van der Waals surface area contributed by atoms with Crippen molar-refractivity contribution in [2.75, 3.05) is 20.7 Å². The molecule has 0 spiro atoms. The van der Waals surface area contributed by atoms with Gasteiger partial charge >= 0.3 is 0 Å². The SMILES string of the molecule is COc1ccc(OCc2nc(CN(C)CC(C)(C)O)cs2)cc1. The van der Waals surface area contributed by atoms with Gasteiger partial charge in [0.25, 0.3) is 0 Å². The van der Waals surface area contributed by atoms with E-state index in [1.54, 1.807) is 32.3 Å². The number of benzene rings is 1. The summed E-state index contributed by atoms with van der Waals surface area (Å²) in [5.74, 6) is 1.60. The molecule has 0 aliphatic carbocycles. The van der Waals surface area contributed by atoms with Gasteiger partial charge in [-0.3, -0.25) is 4.90 Å². The lowest BCUT2D eigenvalue weighted by atomic mass is 10.1. The molecule has 2 aromatic rings. The van der Waals surface area contributed by atoms with E-state index in [0.717, 1.165) is 22.2 Å². The Kier molecular flexibility index (Phi) is 5.98. The van der Waals surface area contributed by atoms with Gasteiger partial charge in [-0.2, -0.15) is 0 Å². The molecule has 0 amide bonds. The maximum atomic E-state index is 9.83. The van der Waals surface area contributed by atoms with E-state index in [1.807, 2.05) is 36.7 Å². The molecule has 23 heavy (non-hydrogen) atoms. The molecule has 2 rings (SSSR count). The Morgan fingerprint density at radius 2 is 1.87 bits per heavy atom. The standard InChI is InChI=1S/C17H24N2O3S/c1-17(2,20)12-19(3)9-13-11-23-16(18-13)10-22-15-7-5-14(21-4)6-8-15/h5-8,11,20H,9-10,12H2,1-4H3. The number of methoxy groups -OCH3 is 1. The van der Waals surface area contributed by atoms with Crippen molar-refractivity contribution >= 4 is 11.3 Å². The molecular weight excluding hydrogens is 312 g/mol. The summed E-state index contributed by atoms with van der Waals surface area (Å²) in [5, 5.41) is 12.8. The highest BCUT2D eigenvalue weighted by atomic mass is 32.1. The smallest absolute Gasteiger partial charge is 0.140 e. The summed E-state index contributed by atoms with van der Waals surface area (Å²) in [6.07, 6.45) is 0. The fourth-order valence-electron chi connectivity index (χ4n) is 2.30. The summed E-state index contributed by atoms with van der Waals surface area (Å²) in [6.45, 7) is 5.37. The van der Waals surface area contributed by atoms with Gasteiger partial charge in [-0.1, -0.05) is 0 Å². The van der Waals surface area contributed by atoms with E-state index in [9.17, 15) is 5.11 Å². The Morgan fingerprint density at radius 3 is 2.48 bits per heavy atom. The predicted octanol–water partition coefficient (Wildman–Crippen LogP) is 2.93. The van der Waals surface area contributed by atoms with Crippen molar-refractivity contribution in [3.63, 3.8) is 0 Å². The molecule has 1 heterocycles. The Balaban J connectivity index is 1.84. The third-order valence-electron chi connectivity index (χ3n) is 3.11. The van der Waals surface area contributed by atoms with E-state index in [-0.39, 0.29) is 0 Å². The molecule has 126 valence electrons. The van der Waals surface area contributed by atoms with Gasteiger partial charge in [0.2, 0.25) is 0 Å². The normalized spacial score (nSPS) is 11.7. The van der Waals surface area contributed by atoms with E-state index in [2.05, 4.69) is 9.88 Å². The van der Waals surface area contributed by atoms with Gasteiger partial charge in [0.05, 0.1) is 18.4 Å². The molecule has 1 aromatic carbocycles. The van der Waals surface area contributed by atoms with Crippen LogP contribution in [-0.2, 0) is 13.2 Å². The summed E-state index contributed by atoms with van der Waals surface area (Å²) in [5.41, 5.74) is 0.292. The van der Waals surface area contributed by atoms with Crippen LogP contribution in [0.25, 0.3) is 0 Å². The minimum absolute atomic E-state index is 0.451. The summed E-state index contributed by atoms with van der Waals surface area (Å²) in [4.78, 5) is 6.63. The summed E-state index contributed by atoms with van der Waals surface area (Å²) in [7, 11) is 3.62. The van der Waals surface area contributed by atoms with Gasteiger partial charge < -0.3 is 14.6 Å². The molecule has 1 N–H and O–H groups in total. The van der Waals surface area contributed by atoms with Gasteiger partial charge in [0.15, 0.2) is 0 Å². The van der Waals surface area contributed by atoms with Crippen molar-refractivity contribution in [2.45, 2.75) is 32.6 Å². The van der Waals surface area contributed by atoms with Crippen molar-refractivity contribution in [3.05, 3.63) is 40.3 Å². The van der Waals surface area contributed by atoms with Crippen molar-refractivity contribution in [3.8, 4) is 11.5 Å². The van der Waals surface area contributed by atoms with Gasteiger partial charge in [0, 0.05) is 18.5 Å². The summed E-state index contributed by atoms with van der Waals surface area (Å²) >= 11 is 1.59. The number of aromatic nitrogens is 1. The van der Waals surface area contributed by atoms with Gasteiger partial charge in [-0.15, -0.1) is 11.3 Å². The molecule has 0 radical (unpaired) electrons. The number of nitrogens with zero attached hydrogens (tertiary/aromatic N) is 2. The van der Waals surface area contributed by atoms with E-state index in [4.69, 9.17) is 9.47 Å². The van der Waals surface area contributed by atoms with Crippen molar-refractivity contribution in [1.29, 1.82) is 0 Å². The third-order valence-corrected chi connectivity index (χ3v) is 3.98. The number of rotatable bonds is 8. The molecular formula is C17H24N2O3S.